The van der Waals surface area contributed by atoms with E-state index in [1.165, 1.54) is 15.0 Å². The standard InChI is InChI=1S/C12H11N3S/c13-7-9-6-10(15-14-9)12-5-8-3-1-2-4-11(8)16-12/h1-6H,7,13H2,(H,14,15). The highest BCUT2D eigenvalue weighted by Crippen LogP contribution is 2.32. The van der Waals surface area contributed by atoms with Crippen molar-refractivity contribution in [2.75, 3.05) is 0 Å². The zero-order chi connectivity index (χ0) is 11.0. The minimum Gasteiger partial charge on any atom is -0.325 e. The van der Waals surface area contributed by atoms with Crippen LogP contribution in [0, 0.1) is 0 Å². The summed E-state index contributed by atoms with van der Waals surface area (Å²) in [5, 5.41) is 8.45. The Bertz CT molecular complexity index is 591. The number of nitrogens with one attached hydrogen (secondary N) is 1. The summed E-state index contributed by atoms with van der Waals surface area (Å²) in [4.78, 5) is 1.18. The van der Waals surface area contributed by atoms with Gasteiger partial charge in [0.1, 0.15) is 5.69 Å². The van der Waals surface area contributed by atoms with Crippen molar-refractivity contribution < 1.29 is 0 Å². The molecule has 0 fully saturated rings. The zero-order valence-electron chi connectivity index (χ0n) is 8.60. The van der Waals surface area contributed by atoms with Gasteiger partial charge >= 0.3 is 0 Å². The number of benzene rings is 1. The molecule has 0 aliphatic carbocycles. The molecule has 80 valence electrons. The first-order valence-corrected chi connectivity index (χ1v) is 5.92. The highest BCUT2D eigenvalue weighted by Gasteiger charge is 2.06. The van der Waals surface area contributed by atoms with E-state index in [4.69, 9.17) is 5.73 Å². The van der Waals surface area contributed by atoms with Crippen molar-refractivity contribution >= 4 is 21.4 Å². The number of fused-ring (bicyclic) bond motifs is 1. The topological polar surface area (TPSA) is 54.7 Å². The minimum atomic E-state index is 0.498. The lowest BCUT2D eigenvalue weighted by molar-refractivity contribution is 0.949. The number of aromatic nitrogens is 2. The molecule has 0 saturated carbocycles. The molecule has 0 spiro atoms. The highest BCUT2D eigenvalue weighted by molar-refractivity contribution is 7.22. The molecule has 4 heteroatoms. The first-order valence-electron chi connectivity index (χ1n) is 5.10. The Kier molecular flexibility index (Phi) is 2.23. The normalized spacial score (nSPS) is 11.1. The van der Waals surface area contributed by atoms with Gasteiger partial charge in [-0.05, 0) is 23.6 Å². The molecule has 0 aliphatic rings. The molecule has 0 saturated heterocycles. The average molecular weight is 229 g/mol. The van der Waals surface area contributed by atoms with Crippen LogP contribution in [0.2, 0.25) is 0 Å². The van der Waals surface area contributed by atoms with Gasteiger partial charge in [-0.25, -0.2) is 0 Å². The van der Waals surface area contributed by atoms with Gasteiger partial charge in [-0.1, -0.05) is 18.2 Å². The third-order valence-electron chi connectivity index (χ3n) is 2.53. The summed E-state index contributed by atoms with van der Waals surface area (Å²) in [5.41, 5.74) is 7.49. The van der Waals surface area contributed by atoms with Crippen LogP contribution in [0.1, 0.15) is 5.69 Å². The lowest BCUT2D eigenvalue weighted by Gasteiger charge is -1.85. The Labute approximate surface area is 96.9 Å². The number of H-pyrrole nitrogens is 1. The number of hydrogen-bond donors (Lipinski definition) is 2. The van der Waals surface area contributed by atoms with Crippen LogP contribution in [0.15, 0.2) is 36.4 Å². The maximum atomic E-state index is 5.55. The highest BCUT2D eigenvalue weighted by atomic mass is 32.1. The second kappa shape index (κ2) is 3.73. The predicted octanol–water partition coefficient (Wildman–Crippen LogP) is 2.75. The Morgan fingerprint density at radius 1 is 1.25 bits per heavy atom. The smallest absolute Gasteiger partial charge is 0.102 e. The molecule has 0 aliphatic heterocycles. The van der Waals surface area contributed by atoms with E-state index in [0.717, 1.165) is 11.4 Å². The van der Waals surface area contributed by atoms with Gasteiger partial charge in [-0.2, -0.15) is 5.10 Å². The maximum absolute atomic E-state index is 5.55. The number of nitrogens with zero attached hydrogens (tertiary/aromatic N) is 1. The largest absolute Gasteiger partial charge is 0.325 e. The summed E-state index contributed by atoms with van der Waals surface area (Å²) in [6.45, 7) is 0.498. The van der Waals surface area contributed by atoms with Crippen molar-refractivity contribution in [2.24, 2.45) is 5.73 Å². The van der Waals surface area contributed by atoms with Gasteiger partial charge in [-0.15, -0.1) is 11.3 Å². The van der Waals surface area contributed by atoms with E-state index >= 15 is 0 Å². The Morgan fingerprint density at radius 3 is 2.88 bits per heavy atom. The van der Waals surface area contributed by atoms with Crippen LogP contribution in [-0.4, -0.2) is 10.2 Å². The summed E-state index contributed by atoms with van der Waals surface area (Å²) in [5.74, 6) is 0. The van der Waals surface area contributed by atoms with E-state index < -0.39 is 0 Å². The van der Waals surface area contributed by atoms with Gasteiger partial charge in [-0.3, -0.25) is 5.10 Å². The second-order valence-corrected chi connectivity index (χ2v) is 4.71. The van der Waals surface area contributed by atoms with Gasteiger partial charge in [0.15, 0.2) is 0 Å². The Balaban J connectivity index is 2.11. The SMILES string of the molecule is NCc1cc(-c2cc3ccccc3s2)n[nH]1. The molecule has 2 aromatic heterocycles. The van der Waals surface area contributed by atoms with Crippen molar-refractivity contribution in [2.45, 2.75) is 6.54 Å². The first kappa shape index (κ1) is 9.57. The first-order chi connectivity index (χ1) is 7.86. The summed E-state index contributed by atoms with van der Waals surface area (Å²) >= 11 is 1.75. The molecule has 3 aromatic rings. The fraction of sp³-hybridized carbons (Fsp3) is 0.0833. The molecule has 3 N–H and O–H groups in total. The van der Waals surface area contributed by atoms with Crippen LogP contribution in [-0.2, 0) is 6.54 Å². The molecule has 3 nitrogen and oxygen atoms in total. The van der Waals surface area contributed by atoms with Crippen LogP contribution < -0.4 is 5.73 Å². The maximum Gasteiger partial charge on any atom is 0.102 e. The monoisotopic (exact) mass is 229 g/mol. The lowest BCUT2D eigenvalue weighted by Crippen LogP contribution is -1.95. The Hall–Kier alpha value is -1.65. The molecule has 2 heterocycles. The average Bonchev–Trinajstić information content (AvgIpc) is 2.95. The quantitative estimate of drug-likeness (QED) is 0.710. The fourth-order valence-corrected chi connectivity index (χ4v) is 2.72. The van der Waals surface area contributed by atoms with Crippen LogP contribution in [0.25, 0.3) is 20.7 Å². The molecule has 3 rings (SSSR count). The molecule has 0 bridgehead atoms. The third-order valence-corrected chi connectivity index (χ3v) is 3.67. The number of thiophene rings is 1. The number of nitrogens with two attached hydrogens (primary N) is 1. The van der Waals surface area contributed by atoms with E-state index in [2.05, 4.69) is 40.5 Å². The van der Waals surface area contributed by atoms with Crippen molar-refractivity contribution in [3.8, 4) is 10.6 Å². The molecular weight excluding hydrogens is 218 g/mol. The number of aromatic amines is 1. The molecule has 0 radical (unpaired) electrons. The summed E-state index contributed by atoms with van der Waals surface area (Å²) in [6, 6.07) is 12.5. The van der Waals surface area contributed by atoms with Crippen LogP contribution in [0.4, 0.5) is 0 Å². The van der Waals surface area contributed by atoms with Crippen molar-refractivity contribution in [1.29, 1.82) is 0 Å². The van der Waals surface area contributed by atoms with Crippen LogP contribution >= 0.6 is 11.3 Å². The van der Waals surface area contributed by atoms with E-state index in [0.29, 0.717) is 6.54 Å². The predicted molar refractivity (Wildman–Crippen MR) is 67.3 cm³/mol. The lowest BCUT2D eigenvalue weighted by atomic mass is 10.2. The van der Waals surface area contributed by atoms with Gasteiger partial charge in [0, 0.05) is 16.9 Å². The zero-order valence-corrected chi connectivity index (χ0v) is 9.42. The van der Waals surface area contributed by atoms with Gasteiger partial charge in [0.05, 0.1) is 4.88 Å². The number of hydrogen-bond acceptors (Lipinski definition) is 3. The van der Waals surface area contributed by atoms with Crippen molar-refractivity contribution in [1.82, 2.24) is 10.2 Å². The summed E-state index contributed by atoms with van der Waals surface area (Å²) < 4.78 is 1.29. The molecular formula is C12H11N3S. The summed E-state index contributed by atoms with van der Waals surface area (Å²) in [7, 11) is 0. The second-order valence-electron chi connectivity index (χ2n) is 3.63. The van der Waals surface area contributed by atoms with E-state index in [1.807, 2.05) is 6.07 Å². The Morgan fingerprint density at radius 2 is 2.12 bits per heavy atom. The minimum absolute atomic E-state index is 0.498. The number of rotatable bonds is 2. The third kappa shape index (κ3) is 1.52. The van der Waals surface area contributed by atoms with E-state index in [1.54, 1.807) is 11.3 Å². The van der Waals surface area contributed by atoms with Gasteiger partial charge in [0.2, 0.25) is 0 Å². The van der Waals surface area contributed by atoms with Crippen molar-refractivity contribution in [3.63, 3.8) is 0 Å². The van der Waals surface area contributed by atoms with Crippen LogP contribution in [0.5, 0.6) is 0 Å². The fourth-order valence-electron chi connectivity index (χ4n) is 1.70. The molecule has 0 unspecified atom stereocenters. The molecule has 0 amide bonds. The van der Waals surface area contributed by atoms with E-state index in [9.17, 15) is 0 Å². The molecule has 1 aromatic carbocycles. The molecule has 16 heavy (non-hydrogen) atoms. The van der Waals surface area contributed by atoms with Crippen molar-refractivity contribution in [3.05, 3.63) is 42.1 Å². The van der Waals surface area contributed by atoms with E-state index in [-0.39, 0.29) is 0 Å². The molecule has 0 atom stereocenters. The van der Waals surface area contributed by atoms with Gasteiger partial charge < -0.3 is 5.73 Å². The van der Waals surface area contributed by atoms with Gasteiger partial charge in [0.25, 0.3) is 0 Å². The summed E-state index contributed by atoms with van der Waals surface area (Å²) in [6.07, 6.45) is 0. The van der Waals surface area contributed by atoms with Crippen LogP contribution in [0.3, 0.4) is 0 Å².